The van der Waals surface area contributed by atoms with Crippen LogP contribution in [0.5, 0.6) is 0 Å². The van der Waals surface area contributed by atoms with Gasteiger partial charge in [-0.15, -0.1) is 11.3 Å². The number of rotatable bonds is 5. The summed E-state index contributed by atoms with van der Waals surface area (Å²) in [7, 11) is 0. The quantitative estimate of drug-likeness (QED) is 0.824. The van der Waals surface area contributed by atoms with Crippen LogP contribution in [-0.2, 0) is 0 Å². The first-order valence-electron chi connectivity index (χ1n) is 5.92. The molecule has 0 spiro atoms. The Balaban J connectivity index is 2.16. The lowest BCUT2D eigenvalue weighted by molar-refractivity contribution is 1.31. The molecule has 0 fully saturated rings. The highest BCUT2D eigenvalue weighted by atomic mass is 32.1. The molecule has 0 aliphatic rings. The van der Waals surface area contributed by atoms with Crippen molar-refractivity contribution in [1.82, 2.24) is 9.97 Å². The molecule has 96 valence electrons. The van der Waals surface area contributed by atoms with E-state index >= 15 is 0 Å². The summed E-state index contributed by atoms with van der Waals surface area (Å²) < 4.78 is 0. The van der Waals surface area contributed by atoms with Crippen molar-refractivity contribution in [2.45, 2.75) is 6.92 Å². The molecule has 0 aliphatic heterocycles. The molecule has 0 saturated carbocycles. The number of pyridine rings is 1. The van der Waals surface area contributed by atoms with Crippen LogP contribution in [0.15, 0.2) is 66.5 Å². The predicted molar refractivity (Wildman–Crippen MR) is 82.1 cm³/mol. The zero-order valence-corrected chi connectivity index (χ0v) is 11.5. The van der Waals surface area contributed by atoms with Gasteiger partial charge in [0.25, 0.3) is 0 Å². The molecular weight excluding hydrogens is 254 g/mol. The number of hydrogen-bond acceptors (Lipinski definition) is 4. The maximum atomic E-state index is 4.54. The molecule has 0 saturated heterocycles. The third-order valence-corrected chi connectivity index (χ3v) is 3.18. The molecule has 0 bridgehead atoms. The molecule has 2 aromatic heterocycles. The zero-order valence-electron chi connectivity index (χ0n) is 10.7. The molecule has 2 rings (SSSR count). The van der Waals surface area contributed by atoms with Gasteiger partial charge in [0.05, 0.1) is 5.69 Å². The summed E-state index contributed by atoms with van der Waals surface area (Å²) >= 11 is 1.57. The van der Waals surface area contributed by atoms with Crippen LogP contribution in [-0.4, -0.2) is 9.97 Å². The van der Waals surface area contributed by atoms with Gasteiger partial charge in [-0.05, 0) is 31.2 Å². The number of hydrogen-bond donors (Lipinski definition) is 1. The summed E-state index contributed by atoms with van der Waals surface area (Å²) in [5.41, 5.74) is 2.94. The Morgan fingerprint density at radius 1 is 1.37 bits per heavy atom. The summed E-state index contributed by atoms with van der Waals surface area (Å²) in [5.74, 6) is 0. The van der Waals surface area contributed by atoms with Crippen LogP contribution in [0.2, 0.25) is 0 Å². The van der Waals surface area contributed by atoms with Gasteiger partial charge in [-0.3, -0.25) is 4.98 Å². The van der Waals surface area contributed by atoms with Gasteiger partial charge in [-0.25, -0.2) is 4.98 Å². The lowest BCUT2D eigenvalue weighted by atomic mass is 10.2. The number of nitrogens with zero attached hydrogens (tertiary/aromatic N) is 2. The van der Waals surface area contributed by atoms with Gasteiger partial charge in [0.15, 0.2) is 5.13 Å². The van der Waals surface area contributed by atoms with E-state index in [2.05, 4.69) is 21.9 Å². The lowest BCUT2D eigenvalue weighted by Gasteiger charge is -2.01. The van der Waals surface area contributed by atoms with Crippen LogP contribution in [0, 0.1) is 0 Å². The minimum absolute atomic E-state index is 0.850. The largest absolute Gasteiger partial charge is 0.332 e. The van der Waals surface area contributed by atoms with Gasteiger partial charge >= 0.3 is 0 Å². The third-order valence-electron chi connectivity index (χ3n) is 2.42. The Labute approximate surface area is 117 Å². The molecule has 3 nitrogen and oxygen atoms in total. The average Bonchev–Trinajstić information content (AvgIpc) is 2.93. The minimum Gasteiger partial charge on any atom is -0.332 e. The average molecular weight is 269 g/mol. The van der Waals surface area contributed by atoms with Gasteiger partial charge in [0.2, 0.25) is 0 Å². The molecule has 1 N–H and O–H groups in total. The van der Waals surface area contributed by atoms with Crippen LogP contribution in [0.1, 0.15) is 6.92 Å². The van der Waals surface area contributed by atoms with Crippen molar-refractivity contribution in [2.24, 2.45) is 0 Å². The monoisotopic (exact) mass is 269 g/mol. The molecule has 0 aromatic carbocycles. The molecule has 2 aromatic rings. The molecule has 4 heteroatoms. The van der Waals surface area contributed by atoms with Crippen molar-refractivity contribution < 1.29 is 0 Å². The van der Waals surface area contributed by atoms with Crippen molar-refractivity contribution in [2.75, 3.05) is 5.32 Å². The first kappa shape index (κ1) is 13.2. The zero-order chi connectivity index (χ0) is 13.5. The van der Waals surface area contributed by atoms with E-state index < -0.39 is 0 Å². The van der Waals surface area contributed by atoms with E-state index in [1.54, 1.807) is 29.8 Å². The van der Waals surface area contributed by atoms with Crippen molar-refractivity contribution >= 4 is 16.5 Å². The number of aromatic nitrogens is 2. The summed E-state index contributed by atoms with van der Waals surface area (Å²) in [4.78, 5) is 8.55. The summed E-state index contributed by atoms with van der Waals surface area (Å²) in [5, 5.41) is 6.11. The van der Waals surface area contributed by atoms with Gasteiger partial charge in [-0.1, -0.05) is 18.7 Å². The summed E-state index contributed by atoms with van der Waals surface area (Å²) in [6.07, 6.45) is 11.2. The predicted octanol–water partition coefficient (Wildman–Crippen LogP) is 4.26. The second-order valence-electron chi connectivity index (χ2n) is 3.75. The number of anilines is 1. The third kappa shape index (κ3) is 3.63. The maximum Gasteiger partial charge on any atom is 0.187 e. The van der Waals surface area contributed by atoms with E-state index in [-0.39, 0.29) is 0 Å². The molecule has 19 heavy (non-hydrogen) atoms. The van der Waals surface area contributed by atoms with E-state index in [1.165, 1.54) is 0 Å². The van der Waals surface area contributed by atoms with E-state index in [0.717, 1.165) is 22.1 Å². The van der Waals surface area contributed by atoms with Crippen LogP contribution in [0.3, 0.4) is 0 Å². The highest BCUT2D eigenvalue weighted by Crippen LogP contribution is 2.25. The van der Waals surface area contributed by atoms with E-state index in [0.29, 0.717) is 0 Å². The highest BCUT2D eigenvalue weighted by Gasteiger charge is 2.04. The summed E-state index contributed by atoms with van der Waals surface area (Å²) in [6.45, 7) is 5.75. The number of thiazole rings is 1. The number of allylic oxidation sites excluding steroid dienone is 4. The fraction of sp³-hybridized carbons (Fsp3) is 0.0667. The van der Waals surface area contributed by atoms with Gasteiger partial charge in [-0.2, -0.15) is 0 Å². The SMILES string of the molecule is C=C/C(=C\C=C/C)Nc1nc(-c2ccncc2)cs1. The first-order chi connectivity index (χ1) is 9.33. The smallest absolute Gasteiger partial charge is 0.187 e. The maximum absolute atomic E-state index is 4.54. The van der Waals surface area contributed by atoms with Crippen LogP contribution in [0.4, 0.5) is 5.13 Å². The molecular formula is C15H15N3S. The topological polar surface area (TPSA) is 37.8 Å². The van der Waals surface area contributed by atoms with Crippen molar-refractivity contribution in [3.63, 3.8) is 0 Å². The molecule has 2 heterocycles. The van der Waals surface area contributed by atoms with Crippen LogP contribution in [0.25, 0.3) is 11.3 Å². The Morgan fingerprint density at radius 3 is 2.84 bits per heavy atom. The van der Waals surface area contributed by atoms with Crippen molar-refractivity contribution in [1.29, 1.82) is 0 Å². The molecule has 0 unspecified atom stereocenters. The fourth-order valence-electron chi connectivity index (χ4n) is 1.47. The van der Waals surface area contributed by atoms with E-state index in [9.17, 15) is 0 Å². The highest BCUT2D eigenvalue weighted by molar-refractivity contribution is 7.14. The van der Waals surface area contributed by atoms with Gasteiger partial charge < -0.3 is 5.32 Å². The van der Waals surface area contributed by atoms with Crippen molar-refractivity contribution in [3.8, 4) is 11.3 Å². The first-order valence-corrected chi connectivity index (χ1v) is 6.80. The Bertz CT molecular complexity index is 597. The van der Waals surface area contributed by atoms with Crippen LogP contribution < -0.4 is 5.32 Å². The van der Waals surface area contributed by atoms with E-state index in [4.69, 9.17) is 0 Å². The second kappa shape index (κ2) is 6.66. The van der Waals surface area contributed by atoms with Gasteiger partial charge in [0, 0.05) is 29.0 Å². The Hall–Kier alpha value is -2.20. The minimum atomic E-state index is 0.850. The van der Waals surface area contributed by atoms with Crippen molar-refractivity contribution in [3.05, 3.63) is 66.5 Å². The Morgan fingerprint density at radius 2 is 2.16 bits per heavy atom. The second-order valence-corrected chi connectivity index (χ2v) is 4.61. The molecule has 0 radical (unpaired) electrons. The van der Waals surface area contributed by atoms with Gasteiger partial charge in [0.1, 0.15) is 0 Å². The molecule has 0 atom stereocenters. The lowest BCUT2D eigenvalue weighted by Crippen LogP contribution is -1.95. The number of nitrogens with one attached hydrogen (secondary N) is 1. The summed E-state index contributed by atoms with van der Waals surface area (Å²) in [6, 6.07) is 3.89. The molecule has 0 aliphatic carbocycles. The Kier molecular flexibility index (Phi) is 4.64. The van der Waals surface area contributed by atoms with E-state index in [1.807, 2.05) is 42.7 Å². The standard InChI is InChI=1S/C15H15N3S/c1-3-5-6-13(4-2)17-15-18-14(11-19-15)12-7-9-16-10-8-12/h3-11H,2H2,1H3,(H,17,18)/b5-3-,13-6+. The molecule has 0 amide bonds. The van der Waals surface area contributed by atoms with Crippen LogP contribution >= 0.6 is 11.3 Å². The normalized spacial score (nSPS) is 11.7. The fourth-order valence-corrected chi connectivity index (χ4v) is 2.21.